The van der Waals surface area contributed by atoms with Crippen molar-refractivity contribution in [2.75, 3.05) is 19.5 Å². The van der Waals surface area contributed by atoms with Gasteiger partial charge in [-0.25, -0.2) is 14.6 Å². The lowest BCUT2D eigenvalue weighted by Gasteiger charge is -2.09. The first kappa shape index (κ1) is 16.5. The van der Waals surface area contributed by atoms with Gasteiger partial charge in [0.1, 0.15) is 11.5 Å². The van der Waals surface area contributed by atoms with Gasteiger partial charge >= 0.3 is 11.9 Å². The second kappa shape index (κ2) is 6.95. The number of hydrogen-bond acceptors (Lipinski definition) is 6. The zero-order valence-corrected chi connectivity index (χ0v) is 13.5. The van der Waals surface area contributed by atoms with Crippen LogP contribution in [0.25, 0.3) is 11.0 Å². The minimum Gasteiger partial charge on any atom is -0.466 e. The molecule has 122 valence electrons. The highest BCUT2D eigenvalue weighted by atomic mass is 16.5. The van der Waals surface area contributed by atoms with Crippen LogP contribution in [0, 0.1) is 6.92 Å². The number of rotatable bonds is 5. The lowest BCUT2D eigenvalue weighted by atomic mass is 10.2. The lowest BCUT2D eigenvalue weighted by Crippen LogP contribution is -2.15. The van der Waals surface area contributed by atoms with Crippen LogP contribution in [0.4, 0.5) is 5.69 Å². The Morgan fingerprint density at radius 3 is 2.65 bits per heavy atom. The molecule has 0 spiro atoms. The first-order chi connectivity index (χ1) is 11.0. The average Bonchev–Trinajstić information content (AvgIpc) is 2.87. The number of imidazole rings is 1. The van der Waals surface area contributed by atoms with Crippen molar-refractivity contribution in [1.29, 1.82) is 0 Å². The Morgan fingerprint density at radius 1 is 1.30 bits per heavy atom. The van der Waals surface area contributed by atoms with Gasteiger partial charge in [0, 0.05) is 12.2 Å². The van der Waals surface area contributed by atoms with Gasteiger partial charge in [0.15, 0.2) is 0 Å². The van der Waals surface area contributed by atoms with Crippen molar-refractivity contribution in [1.82, 2.24) is 9.55 Å². The Morgan fingerprint density at radius 2 is 2.04 bits per heavy atom. The number of carbonyl (C=O) groups excluding carboxylic acids is 2. The van der Waals surface area contributed by atoms with Gasteiger partial charge in [-0.05, 0) is 32.0 Å². The van der Waals surface area contributed by atoms with Crippen LogP contribution in [0.3, 0.4) is 0 Å². The molecule has 7 heteroatoms. The van der Waals surface area contributed by atoms with Gasteiger partial charge in [-0.2, -0.15) is 0 Å². The maximum atomic E-state index is 11.8. The molecule has 0 saturated heterocycles. The van der Waals surface area contributed by atoms with E-state index >= 15 is 0 Å². The van der Waals surface area contributed by atoms with Crippen LogP contribution in [0.5, 0.6) is 0 Å². The normalized spacial score (nSPS) is 11.4. The van der Waals surface area contributed by atoms with Crippen LogP contribution in [-0.2, 0) is 25.6 Å². The molecule has 23 heavy (non-hydrogen) atoms. The van der Waals surface area contributed by atoms with Crippen molar-refractivity contribution < 1.29 is 19.1 Å². The number of carbonyl (C=O) groups is 2. The zero-order valence-electron chi connectivity index (χ0n) is 13.5. The molecule has 2 rings (SSSR count). The third-order valence-electron chi connectivity index (χ3n) is 3.40. The molecule has 0 unspecified atom stereocenters. The van der Waals surface area contributed by atoms with Crippen molar-refractivity contribution in [3.63, 3.8) is 0 Å². The quantitative estimate of drug-likeness (QED) is 0.671. The van der Waals surface area contributed by atoms with Crippen LogP contribution < -0.4 is 5.32 Å². The van der Waals surface area contributed by atoms with E-state index in [0.717, 1.165) is 29.5 Å². The van der Waals surface area contributed by atoms with Gasteiger partial charge < -0.3 is 19.4 Å². The van der Waals surface area contributed by atoms with Crippen molar-refractivity contribution in [3.05, 3.63) is 35.8 Å². The number of hydrogen-bond donors (Lipinski definition) is 1. The first-order valence-electron chi connectivity index (χ1n) is 7.12. The van der Waals surface area contributed by atoms with Crippen LogP contribution >= 0.6 is 0 Å². The second-order valence-electron chi connectivity index (χ2n) is 4.80. The number of aromatic nitrogens is 2. The smallest absolute Gasteiger partial charge is 0.354 e. The van der Waals surface area contributed by atoms with Gasteiger partial charge in [-0.15, -0.1) is 0 Å². The van der Waals surface area contributed by atoms with E-state index in [0.29, 0.717) is 5.69 Å². The molecule has 7 nitrogen and oxygen atoms in total. The molecule has 1 heterocycles. The Labute approximate surface area is 133 Å². The molecule has 0 aliphatic rings. The number of ether oxygens (including phenoxy) is 2. The highest BCUT2D eigenvalue weighted by Crippen LogP contribution is 2.21. The van der Waals surface area contributed by atoms with Gasteiger partial charge in [-0.1, -0.05) is 0 Å². The molecule has 1 aromatic heterocycles. The molecule has 1 N–H and O–H groups in total. The third-order valence-corrected chi connectivity index (χ3v) is 3.40. The van der Waals surface area contributed by atoms with E-state index < -0.39 is 11.9 Å². The number of nitrogens with one attached hydrogen (secondary N) is 1. The van der Waals surface area contributed by atoms with Crippen molar-refractivity contribution in [3.8, 4) is 0 Å². The molecule has 0 amide bonds. The van der Waals surface area contributed by atoms with E-state index in [-0.39, 0.29) is 5.70 Å². The van der Waals surface area contributed by atoms with Crippen molar-refractivity contribution in [2.45, 2.75) is 20.4 Å². The predicted octanol–water partition coefficient (Wildman–Crippen LogP) is 2.01. The fraction of sp³-hybridized carbons (Fsp3) is 0.312. The first-order valence-corrected chi connectivity index (χ1v) is 7.12. The standard InChI is InChI=1S/C16H19N3O4/c1-5-19-10(2)17-12-8-11(6-7-14(12)19)18-13(16(21)23-4)9-15(20)22-3/h6-9,18H,5H2,1-4H3/b13-9+. The number of esters is 2. The van der Waals surface area contributed by atoms with Crippen molar-refractivity contribution in [2.24, 2.45) is 0 Å². The summed E-state index contributed by atoms with van der Waals surface area (Å²) in [6, 6.07) is 5.53. The van der Waals surface area contributed by atoms with Gasteiger partial charge in [-0.3, -0.25) is 0 Å². The summed E-state index contributed by atoms with van der Waals surface area (Å²) in [4.78, 5) is 27.6. The minimum absolute atomic E-state index is 0.00894. The Bertz CT molecular complexity index is 777. The highest BCUT2D eigenvalue weighted by Gasteiger charge is 2.14. The van der Waals surface area contributed by atoms with Crippen LogP contribution in [0.2, 0.25) is 0 Å². The van der Waals surface area contributed by atoms with E-state index in [2.05, 4.69) is 31.3 Å². The average molecular weight is 317 g/mol. The van der Waals surface area contributed by atoms with Crippen molar-refractivity contribution >= 4 is 28.7 Å². The van der Waals surface area contributed by atoms with E-state index in [9.17, 15) is 9.59 Å². The zero-order chi connectivity index (χ0) is 17.0. The Balaban J connectivity index is 2.37. The van der Waals surface area contributed by atoms with E-state index in [4.69, 9.17) is 0 Å². The lowest BCUT2D eigenvalue weighted by molar-refractivity contribution is -0.138. The van der Waals surface area contributed by atoms with Crippen LogP contribution in [0.1, 0.15) is 12.7 Å². The number of fused-ring (bicyclic) bond motifs is 1. The second-order valence-corrected chi connectivity index (χ2v) is 4.80. The molecule has 0 saturated carbocycles. The molecule has 2 aromatic rings. The monoisotopic (exact) mass is 317 g/mol. The molecular weight excluding hydrogens is 298 g/mol. The molecule has 0 aliphatic heterocycles. The summed E-state index contributed by atoms with van der Waals surface area (Å²) in [7, 11) is 2.48. The van der Waals surface area contributed by atoms with Crippen LogP contribution in [0.15, 0.2) is 30.0 Å². The molecule has 0 atom stereocenters. The largest absolute Gasteiger partial charge is 0.466 e. The number of aryl methyl sites for hydroxylation is 2. The maximum Gasteiger partial charge on any atom is 0.354 e. The molecule has 0 aliphatic carbocycles. The molecule has 0 radical (unpaired) electrons. The Hall–Kier alpha value is -2.83. The SMILES string of the molecule is CCn1c(C)nc2cc(N/C(=C/C(=O)OC)C(=O)OC)ccc21. The van der Waals surface area contributed by atoms with Gasteiger partial charge in [0.05, 0.1) is 31.3 Å². The highest BCUT2D eigenvalue weighted by molar-refractivity contribution is 5.99. The Kier molecular flexibility index (Phi) is 5.00. The number of methoxy groups -OCH3 is 2. The maximum absolute atomic E-state index is 11.8. The summed E-state index contributed by atoms with van der Waals surface area (Å²) < 4.78 is 11.3. The van der Waals surface area contributed by atoms with Crippen LogP contribution in [-0.4, -0.2) is 35.7 Å². The topological polar surface area (TPSA) is 82.5 Å². The summed E-state index contributed by atoms with van der Waals surface area (Å²) in [5.74, 6) is -0.395. The minimum atomic E-state index is -0.661. The molecule has 1 aromatic carbocycles. The van der Waals surface area contributed by atoms with E-state index in [1.165, 1.54) is 14.2 Å². The van der Waals surface area contributed by atoms with E-state index in [1.807, 2.05) is 25.1 Å². The third kappa shape index (κ3) is 3.50. The summed E-state index contributed by atoms with van der Waals surface area (Å²) in [6.07, 6.45) is 1.05. The molecule has 0 bridgehead atoms. The fourth-order valence-corrected chi connectivity index (χ4v) is 2.32. The number of nitrogens with zero attached hydrogens (tertiary/aromatic N) is 2. The summed E-state index contributed by atoms with van der Waals surface area (Å²) in [6.45, 7) is 4.81. The summed E-state index contributed by atoms with van der Waals surface area (Å²) in [5.41, 5.74) is 2.42. The summed E-state index contributed by atoms with van der Waals surface area (Å²) >= 11 is 0. The van der Waals surface area contributed by atoms with E-state index in [1.54, 1.807) is 0 Å². The predicted molar refractivity (Wildman–Crippen MR) is 85.9 cm³/mol. The number of benzene rings is 1. The molecular formula is C16H19N3O4. The van der Waals surface area contributed by atoms with Gasteiger partial charge in [0.25, 0.3) is 0 Å². The number of anilines is 1. The van der Waals surface area contributed by atoms with Gasteiger partial charge in [0.2, 0.25) is 0 Å². The fourth-order valence-electron chi connectivity index (χ4n) is 2.32. The summed E-state index contributed by atoms with van der Waals surface area (Å²) in [5, 5.41) is 2.87. The molecule has 0 fully saturated rings.